The molecule has 3 aromatic carbocycles. The lowest BCUT2D eigenvalue weighted by molar-refractivity contribution is -0.141. The number of methoxy groups -OCH3 is 1. The van der Waals surface area contributed by atoms with E-state index in [4.69, 9.17) is 27.9 Å². The number of rotatable bonds is 16. The Morgan fingerprint density at radius 2 is 1.65 bits per heavy atom. The number of carbonyl (C=O) groups is 2. The van der Waals surface area contributed by atoms with E-state index in [1.165, 1.54) is 17.5 Å². The van der Waals surface area contributed by atoms with Crippen LogP contribution in [0.2, 0.25) is 10.0 Å². The van der Waals surface area contributed by atoms with Crippen molar-refractivity contribution >= 4 is 50.7 Å². The Bertz CT molecular complexity index is 1470. The van der Waals surface area contributed by atoms with E-state index in [0.717, 1.165) is 24.7 Å². The summed E-state index contributed by atoms with van der Waals surface area (Å²) in [6.45, 7) is 2.71. The third-order valence-corrected chi connectivity index (χ3v) is 8.83. The van der Waals surface area contributed by atoms with E-state index in [1.54, 1.807) is 23.1 Å². The molecule has 8 nitrogen and oxygen atoms in total. The highest BCUT2D eigenvalue weighted by Crippen LogP contribution is 2.30. The zero-order valence-electron chi connectivity index (χ0n) is 24.8. The molecule has 3 aromatic rings. The fourth-order valence-electron chi connectivity index (χ4n) is 4.68. The first-order valence-electron chi connectivity index (χ1n) is 14.2. The van der Waals surface area contributed by atoms with E-state index in [1.807, 2.05) is 55.5 Å². The quantitative estimate of drug-likeness (QED) is 0.189. The number of unbranched alkanes of at least 4 members (excludes halogenated alkanes) is 1. The molecule has 1 N–H and O–H groups in total. The molecule has 0 bridgehead atoms. The predicted octanol–water partition coefficient (Wildman–Crippen LogP) is 6.10. The number of hydrogen-bond acceptors (Lipinski definition) is 5. The van der Waals surface area contributed by atoms with E-state index in [-0.39, 0.29) is 42.8 Å². The van der Waals surface area contributed by atoms with Crippen molar-refractivity contribution in [1.29, 1.82) is 0 Å². The third kappa shape index (κ3) is 10.2. The van der Waals surface area contributed by atoms with Gasteiger partial charge < -0.3 is 15.0 Å². The number of halogens is 2. The fraction of sp³-hybridized carbons (Fsp3) is 0.375. The number of nitrogens with one attached hydrogen (secondary N) is 1. The van der Waals surface area contributed by atoms with Crippen LogP contribution in [0.25, 0.3) is 0 Å². The van der Waals surface area contributed by atoms with E-state index >= 15 is 0 Å². The van der Waals surface area contributed by atoms with Crippen LogP contribution >= 0.6 is 23.2 Å². The molecule has 0 fully saturated rings. The Morgan fingerprint density at radius 3 is 2.28 bits per heavy atom. The van der Waals surface area contributed by atoms with Crippen LogP contribution in [0.5, 0.6) is 5.75 Å². The van der Waals surface area contributed by atoms with E-state index in [0.29, 0.717) is 35.0 Å². The topological polar surface area (TPSA) is 96.0 Å². The van der Waals surface area contributed by atoms with Gasteiger partial charge in [-0.05, 0) is 48.2 Å². The fourth-order valence-corrected chi connectivity index (χ4v) is 6.09. The molecule has 11 heteroatoms. The van der Waals surface area contributed by atoms with Gasteiger partial charge in [0.15, 0.2) is 0 Å². The van der Waals surface area contributed by atoms with Crippen LogP contribution in [0.3, 0.4) is 0 Å². The molecule has 232 valence electrons. The molecule has 0 heterocycles. The molecule has 0 saturated heterocycles. The smallest absolute Gasteiger partial charge is 0.243 e. The van der Waals surface area contributed by atoms with Gasteiger partial charge >= 0.3 is 0 Å². The lowest BCUT2D eigenvalue weighted by Gasteiger charge is -2.32. The van der Waals surface area contributed by atoms with Crippen molar-refractivity contribution in [3.05, 3.63) is 94.0 Å². The van der Waals surface area contributed by atoms with Crippen molar-refractivity contribution in [3.8, 4) is 5.75 Å². The van der Waals surface area contributed by atoms with Gasteiger partial charge in [0, 0.05) is 37.5 Å². The van der Waals surface area contributed by atoms with Crippen LogP contribution in [0.1, 0.15) is 43.7 Å². The standard InChI is InChI=1S/C32H39Cl2N3O5S/c1-4-5-19-35-32(39)29(21-24-12-7-6-8-13-24)36(23-25-14-9-10-15-27(25)33)31(38)16-11-20-37(43(3,40)41)26-17-18-30(42-2)28(34)22-26/h6-10,12-15,17-18,22,29H,4-5,11,16,19-21,23H2,1-3H3,(H,35,39)/t29-/m0/s1. The van der Waals surface area contributed by atoms with Crippen LogP contribution in [0.4, 0.5) is 5.69 Å². The molecule has 0 aromatic heterocycles. The van der Waals surface area contributed by atoms with Crippen LogP contribution in [-0.2, 0) is 32.6 Å². The molecule has 0 unspecified atom stereocenters. The van der Waals surface area contributed by atoms with E-state index in [2.05, 4.69) is 5.32 Å². The summed E-state index contributed by atoms with van der Waals surface area (Å²) in [5, 5.41) is 3.76. The van der Waals surface area contributed by atoms with Gasteiger partial charge in [-0.15, -0.1) is 0 Å². The van der Waals surface area contributed by atoms with Crippen LogP contribution in [0, 0.1) is 0 Å². The van der Waals surface area contributed by atoms with Crippen molar-refractivity contribution in [2.75, 3.05) is 30.8 Å². The van der Waals surface area contributed by atoms with Gasteiger partial charge in [0.1, 0.15) is 11.8 Å². The summed E-state index contributed by atoms with van der Waals surface area (Å²) in [5.41, 5.74) is 1.99. The Hall–Kier alpha value is -3.27. The number of nitrogens with zero attached hydrogens (tertiary/aromatic N) is 2. The SMILES string of the molecule is CCCCNC(=O)[C@H](Cc1ccccc1)N(Cc1ccccc1Cl)C(=O)CCCN(c1ccc(OC)c(Cl)c1)S(C)(=O)=O. The Morgan fingerprint density at radius 1 is 0.953 bits per heavy atom. The van der Waals surface area contributed by atoms with Crippen LogP contribution < -0.4 is 14.4 Å². The van der Waals surface area contributed by atoms with Gasteiger partial charge in [-0.2, -0.15) is 0 Å². The average Bonchev–Trinajstić information content (AvgIpc) is 2.97. The average molecular weight is 649 g/mol. The molecular weight excluding hydrogens is 609 g/mol. The van der Waals surface area contributed by atoms with Crippen molar-refractivity contribution in [1.82, 2.24) is 10.2 Å². The summed E-state index contributed by atoms with van der Waals surface area (Å²) in [7, 11) is -2.21. The second-order valence-electron chi connectivity index (χ2n) is 10.2. The predicted molar refractivity (Wildman–Crippen MR) is 173 cm³/mol. The number of carbonyl (C=O) groups excluding carboxylic acids is 2. The first-order valence-corrected chi connectivity index (χ1v) is 16.8. The van der Waals surface area contributed by atoms with Crippen molar-refractivity contribution in [3.63, 3.8) is 0 Å². The summed E-state index contributed by atoms with van der Waals surface area (Å²) in [6, 6.07) is 20.7. The number of anilines is 1. The van der Waals surface area contributed by atoms with Gasteiger partial charge in [0.05, 0.1) is 24.1 Å². The first-order chi connectivity index (χ1) is 20.5. The lowest BCUT2D eigenvalue weighted by Crippen LogP contribution is -2.50. The summed E-state index contributed by atoms with van der Waals surface area (Å²) in [4.78, 5) is 29.1. The second-order valence-corrected chi connectivity index (χ2v) is 12.9. The molecule has 43 heavy (non-hydrogen) atoms. The van der Waals surface area contributed by atoms with Gasteiger partial charge in [0.2, 0.25) is 21.8 Å². The highest BCUT2D eigenvalue weighted by Gasteiger charge is 2.31. The summed E-state index contributed by atoms with van der Waals surface area (Å²) in [6.07, 6.45) is 3.38. The van der Waals surface area contributed by atoms with Gasteiger partial charge in [0.25, 0.3) is 0 Å². The molecule has 2 amide bonds. The monoisotopic (exact) mass is 647 g/mol. The largest absolute Gasteiger partial charge is 0.495 e. The molecule has 0 aliphatic rings. The number of benzene rings is 3. The van der Waals surface area contributed by atoms with Gasteiger partial charge in [-0.1, -0.05) is 85.1 Å². The number of ether oxygens (including phenoxy) is 1. The van der Waals surface area contributed by atoms with Crippen molar-refractivity contribution in [2.24, 2.45) is 0 Å². The molecule has 0 radical (unpaired) electrons. The minimum Gasteiger partial charge on any atom is -0.495 e. The van der Waals surface area contributed by atoms with Crippen molar-refractivity contribution < 1.29 is 22.7 Å². The molecular formula is C32H39Cl2N3O5S. The lowest BCUT2D eigenvalue weighted by atomic mass is 10.0. The first kappa shape index (κ1) is 34.2. The van der Waals surface area contributed by atoms with E-state index < -0.39 is 16.1 Å². The Balaban J connectivity index is 1.88. The Kier molecular flexibility index (Phi) is 13.2. The number of hydrogen-bond donors (Lipinski definition) is 1. The van der Waals surface area contributed by atoms with Gasteiger partial charge in [-0.25, -0.2) is 8.42 Å². The molecule has 3 rings (SSSR count). The zero-order valence-corrected chi connectivity index (χ0v) is 27.1. The maximum Gasteiger partial charge on any atom is 0.243 e. The van der Waals surface area contributed by atoms with Crippen LogP contribution in [0.15, 0.2) is 72.8 Å². The van der Waals surface area contributed by atoms with Gasteiger partial charge in [-0.3, -0.25) is 13.9 Å². The second kappa shape index (κ2) is 16.5. The number of sulfonamides is 1. The molecule has 0 aliphatic carbocycles. The molecule has 0 saturated carbocycles. The summed E-state index contributed by atoms with van der Waals surface area (Å²) >= 11 is 12.7. The minimum atomic E-state index is -3.68. The van der Waals surface area contributed by atoms with Crippen LogP contribution in [-0.4, -0.2) is 57.6 Å². The maximum absolute atomic E-state index is 13.9. The molecule has 0 aliphatic heterocycles. The zero-order chi connectivity index (χ0) is 31.4. The Labute approximate surface area is 265 Å². The molecule has 0 spiro atoms. The summed E-state index contributed by atoms with van der Waals surface area (Å²) in [5.74, 6) is -0.109. The maximum atomic E-state index is 13.9. The molecule has 1 atom stereocenters. The highest BCUT2D eigenvalue weighted by molar-refractivity contribution is 7.92. The van der Waals surface area contributed by atoms with E-state index in [9.17, 15) is 18.0 Å². The minimum absolute atomic E-state index is 0.00783. The normalized spacial score (nSPS) is 11.9. The number of amides is 2. The summed E-state index contributed by atoms with van der Waals surface area (Å²) < 4.78 is 31.8. The van der Waals surface area contributed by atoms with Crippen molar-refractivity contribution in [2.45, 2.75) is 51.6 Å². The third-order valence-electron chi connectivity index (χ3n) is 6.97. The highest BCUT2D eigenvalue weighted by atomic mass is 35.5.